The number of hydrogen-bond acceptors (Lipinski definition) is 4. The van der Waals surface area contributed by atoms with E-state index >= 15 is 0 Å². The first-order chi connectivity index (χ1) is 13.3. The molecule has 1 unspecified atom stereocenters. The molecule has 2 aliphatic heterocycles. The Labute approximate surface area is 163 Å². The van der Waals surface area contributed by atoms with Gasteiger partial charge in [0.25, 0.3) is 0 Å². The third-order valence-electron chi connectivity index (χ3n) is 6.29. The Balaban J connectivity index is 1.38. The molecule has 3 heterocycles. The highest BCUT2D eigenvalue weighted by atomic mass is 15.3. The lowest BCUT2D eigenvalue weighted by Gasteiger charge is -2.37. The molecular weight excluding hydrogens is 332 g/mol. The molecule has 4 heteroatoms. The van der Waals surface area contributed by atoms with Gasteiger partial charge in [0.1, 0.15) is 5.82 Å². The Hall–Kier alpha value is -2.10. The first kappa shape index (κ1) is 18.3. The zero-order valence-corrected chi connectivity index (χ0v) is 16.6. The maximum atomic E-state index is 4.97. The molecule has 0 radical (unpaired) electrons. The molecule has 144 valence electrons. The molecule has 4 nitrogen and oxygen atoms in total. The highest BCUT2D eigenvalue weighted by Crippen LogP contribution is 2.28. The van der Waals surface area contributed by atoms with E-state index in [0.29, 0.717) is 6.04 Å². The van der Waals surface area contributed by atoms with E-state index in [2.05, 4.69) is 58.1 Å². The molecule has 27 heavy (non-hydrogen) atoms. The van der Waals surface area contributed by atoms with E-state index in [4.69, 9.17) is 4.98 Å². The molecule has 2 aliphatic rings. The maximum absolute atomic E-state index is 4.97. The predicted octanol–water partition coefficient (Wildman–Crippen LogP) is 4.70. The Morgan fingerprint density at radius 2 is 1.78 bits per heavy atom. The Bertz CT molecular complexity index is 709. The van der Waals surface area contributed by atoms with Gasteiger partial charge in [-0.2, -0.15) is 4.98 Å². The molecule has 2 saturated heterocycles. The summed E-state index contributed by atoms with van der Waals surface area (Å²) in [5.74, 6) is 2.82. The van der Waals surface area contributed by atoms with Crippen LogP contribution in [0.4, 0.5) is 11.8 Å². The molecule has 2 aromatic rings. The minimum absolute atomic E-state index is 0.637. The minimum Gasteiger partial charge on any atom is -0.353 e. The molecular formula is C23H32N4. The molecule has 0 N–H and O–H groups in total. The van der Waals surface area contributed by atoms with Crippen LogP contribution in [0.15, 0.2) is 42.6 Å². The van der Waals surface area contributed by atoms with E-state index in [0.717, 1.165) is 37.3 Å². The average molecular weight is 365 g/mol. The molecule has 1 atom stereocenters. The van der Waals surface area contributed by atoms with Gasteiger partial charge in [0.05, 0.1) is 0 Å². The first-order valence-corrected chi connectivity index (χ1v) is 10.7. The van der Waals surface area contributed by atoms with E-state index in [1.54, 1.807) is 0 Å². The largest absolute Gasteiger partial charge is 0.353 e. The number of aromatic nitrogens is 2. The van der Waals surface area contributed by atoms with Gasteiger partial charge in [0, 0.05) is 31.9 Å². The van der Waals surface area contributed by atoms with Gasteiger partial charge in [-0.1, -0.05) is 37.3 Å². The van der Waals surface area contributed by atoms with Crippen molar-refractivity contribution in [2.75, 3.05) is 29.4 Å². The second-order valence-electron chi connectivity index (χ2n) is 8.09. The van der Waals surface area contributed by atoms with Crippen molar-refractivity contribution in [2.24, 2.45) is 5.92 Å². The van der Waals surface area contributed by atoms with Crippen LogP contribution in [0.2, 0.25) is 0 Å². The fourth-order valence-electron chi connectivity index (χ4n) is 4.66. The van der Waals surface area contributed by atoms with E-state index in [9.17, 15) is 0 Å². The van der Waals surface area contributed by atoms with Crippen molar-refractivity contribution in [1.82, 2.24) is 9.97 Å². The fourth-order valence-corrected chi connectivity index (χ4v) is 4.66. The highest BCUT2D eigenvalue weighted by molar-refractivity contribution is 5.45. The predicted molar refractivity (Wildman–Crippen MR) is 112 cm³/mol. The monoisotopic (exact) mass is 364 g/mol. The molecule has 0 aliphatic carbocycles. The van der Waals surface area contributed by atoms with E-state index in [1.807, 2.05) is 6.20 Å². The Morgan fingerprint density at radius 3 is 2.56 bits per heavy atom. The van der Waals surface area contributed by atoms with Crippen molar-refractivity contribution in [3.8, 4) is 0 Å². The zero-order valence-electron chi connectivity index (χ0n) is 16.6. The van der Waals surface area contributed by atoms with Gasteiger partial charge >= 0.3 is 0 Å². The maximum Gasteiger partial charge on any atom is 0.227 e. The summed E-state index contributed by atoms with van der Waals surface area (Å²) in [4.78, 5) is 14.5. The van der Waals surface area contributed by atoms with Crippen LogP contribution < -0.4 is 9.80 Å². The van der Waals surface area contributed by atoms with Crippen LogP contribution in [0, 0.1) is 5.92 Å². The normalized spacial score (nSPS) is 21.4. The number of rotatable bonds is 5. The molecule has 2 fully saturated rings. The van der Waals surface area contributed by atoms with Gasteiger partial charge in [0.15, 0.2) is 0 Å². The minimum atomic E-state index is 0.637. The summed E-state index contributed by atoms with van der Waals surface area (Å²) in [6, 6.07) is 13.6. The lowest BCUT2D eigenvalue weighted by molar-refractivity contribution is 0.400. The van der Waals surface area contributed by atoms with Gasteiger partial charge in [-0.25, -0.2) is 4.98 Å². The summed E-state index contributed by atoms with van der Waals surface area (Å²) in [6.45, 7) is 5.56. The number of hydrogen-bond donors (Lipinski definition) is 0. The number of benzene rings is 1. The second kappa shape index (κ2) is 8.73. The van der Waals surface area contributed by atoms with Crippen LogP contribution in [-0.2, 0) is 6.42 Å². The van der Waals surface area contributed by atoms with Crippen LogP contribution in [0.1, 0.15) is 51.0 Å². The Kier molecular flexibility index (Phi) is 5.90. The third-order valence-corrected chi connectivity index (χ3v) is 6.29. The van der Waals surface area contributed by atoms with Crippen molar-refractivity contribution in [2.45, 2.75) is 57.9 Å². The zero-order chi connectivity index (χ0) is 18.5. The van der Waals surface area contributed by atoms with Crippen molar-refractivity contribution in [3.05, 3.63) is 48.2 Å². The SMILES string of the molecule is CCC1CCCCN1c1ccnc(N2CCC(Cc3ccccc3)CC2)n1. The fraction of sp³-hybridized carbons (Fsp3) is 0.565. The van der Waals surface area contributed by atoms with Crippen LogP contribution in [0.25, 0.3) is 0 Å². The first-order valence-electron chi connectivity index (χ1n) is 10.7. The van der Waals surface area contributed by atoms with Crippen LogP contribution in [0.3, 0.4) is 0 Å². The molecule has 1 aromatic carbocycles. The summed E-state index contributed by atoms with van der Waals surface area (Å²) in [7, 11) is 0. The summed E-state index contributed by atoms with van der Waals surface area (Å²) in [5, 5.41) is 0. The van der Waals surface area contributed by atoms with Gasteiger partial charge in [-0.05, 0) is 62.5 Å². The molecule has 1 aromatic heterocycles. The lowest BCUT2D eigenvalue weighted by atomic mass is 9.90. The van der Waals surface area contributed by atoms with Gasteiger partial charge in [-0.3, -0.25) is 0 Å². The summed E-state index contributed by atoms with van der Waals surface area (Å²) in [5.41, 5.74) is 1.46. The van der Waals surface area contributed by atoms with Gasteiger partial charge in [0.2, 0.25) is 5.95 Å². The second-order valence-corrected chi connectivity index (χ2v) is 8.09. The number of nitrogens with zero attached hydrogens (tertiary/aromatic N) is 4. The third kappa shape index (κ3) is 4.42. The van der Waals surface area contributed by atoms with E-state index in [1.165, 1.54) is 50.5 Å². The van der Waals surface area contributed by atoms with Crippen molar-refractivity contribution >= 4 is 11.8 Å². The van der Waals surface area contributed by atoms with Crippen molar-refractivity contribution in [3.63, 3.8) is 0 Å². The standard InChI is InChI=1S/C23H32N4/c1-2-21-10-6-7-15-27(21)22-11-14-24-23(25-22)26-16-12-20(13-17-26)18-19-8-4-3-5-9-19/h3-5,8-9,11,14,20-21H,2,6-7,10,12-13,15-18H2,1H3. The summed E-state index contributed by atoms with van der Waals surface area (Å²) in [6.07, 6.45) is 10.7. The van der Waals surface area contributed by atoms with Gasteiger partial charge < -0.3 is 9.80 Å². The quantitative estimate of drug-likeness (QED) is 0.769. The number of piperidine rings is 2. The lowest BCUT2D eigenvalue weighted by Crippen LogP contribution is -2.40. The highest BCUT2D eigenvalue weighted by Gasteiger charge is 2.25. The molecule has 0 spiro atoms. The number of anilines is 2. The molecule has 0 bridgehead atoms. The smallest absolute Gasteiger partial charge is 0.227 e. The summed E-state index contributed by atoms with van der Waals surface area (Å²) >= 11 is 0. The van der Waals surface area contributed by atoms with Crippen LogP contribution in [-0.4, -0.2) is 35.6 Å². The van der Waals surface area contributed by atoms with Crippen LogP contribution in [0.5, 0.6) is 0 Å². The van der Waals surface area contributed by atoms with Crippen molar-refractivity contribution < 1.29 is 0 Å². The Morgan fingerprint density at radius 1 is 0.963 bits per heavy atom. The molecule has 0 saturated carbocycles. The molecule has 4 rings (SSSR count). The molecule has 0 amide bonds. The average Bonchev–Trinajstić information content (AvgIpc) is 2.75. The van der Waals surface area contributed by atoms with Gasteiger partial charge in [-0.15, -0.1) is 0 Å². The van der Waals surface area contributed by atoms with E-state index < -0.39 is 0 Å². The summed E-state index contributed by atoms with van der Waals surface area (Å²) < 4.78 is 0. The topological polar surface area (TPSA) is 32.3 Å². The van der Waals surface area contributed by atoms with Crippen molar-refractivity contribution in [1.29, 1.82) is 0 Å². The van der Waals surface area contributed by atoms with Crippen LogP contribution >= 0.6 is 0 Å². The van der Waals surface area contributed by atoms with E-state index in [-0.39, 0.29) is 0 Å².